The summed E-state index contributed by atoms with van der Waals surface area (Å²) in [4.78, 5) is 4.78. The van der Waals surface area contributed by atoms with Gasteiger partial charge in [0.2, 0.25) is 0 Å². The van der Waals surface area contributed by atoms with Gasteiger partial charge < -0.3 is 9.47 Å². The second-order valence-electron chi connectivity index (χ2n) is 11.3. The zero-order valence-corrected chi connectivity index (χ0v) is 31.3. The van der Waals surface area contributed by atoms with E-state index in [1.54, 1.807) is 14.2 Å². The van der Waals surface area contributed by atoms with Crippen molar-refractivity contribution in [2.24, 2.45) is 0 Å². The summed E-state index contributed by atoms with van der Waals surface area (Å²) in [7, 11) is 11.4. The predicted molar refractivity (Wildman–Crippen MR) is 201 cm³/mol. The molecule has 0 aliphatic carbocycles. The van der Waals surface area contributed by atoms with Crippen molar-refractivity contribution in [1.29, 1.82) is 0 Å². The van der Waals surface area contributed by atoms with Gasteiger partial charge in [0.1, 0.15) is 59.2 Å². The zero-order chi connectivity index (χ0) is 32.1. The summed E-state index contributed by atoms with van der Waals surface area (Å²) in [6.45, 7) is 0. The molecule has 6 aliphatic heterocycles. The molecule has 0 atom stereocenters. The molecule has 6 heterocycles. The van der Waals surface area contributed by atoms with E-state index in [9.17, 15) is 0 Å². The van der Waals surface area contributed by atoms with Gasteiger partial charge in [0.25, 0.3) is 0 Å². The Hall–Kier alpha value is -3.35. The van der Waals surface area contributed by atoms with Gasteiger partial charge in [0, 0.05) is 12.1 Å². The first-order chi connectivity index (χ1) is 23.2. The molecule has 0 N–H and O–H groups in total. The normalized spacial score (nSPS) is 13.9. The zero-order valence-electron chi connectivity index (χ0n) is 25.5. The van der Waals surface area contributed by atoms with E-state index >= 15 is 0 Å². The minimum absolute atomic E-state index is 0.472. The van der Waals surface area contributed by atoms with Crippen molar-refractivity contribution in [3.05, 3.63) is 133 Å². The molecule has 0 amide bonds. The van der Waals surface area contributed by atoms with E-state index in [0.717, 1.165) is 11.5 Å². The molecule has 6 aliphatic rings. The molecule has 9 heteroatoms. The summed E-state index contributed by atoms with van der Waals surface area (Å²) in [5.74, 6) is 1.84. The monoisotopic (exact) mass is 873 g/mol. The summed E-state index contributed by atoms with van der Waals surface area (Å²) in [6.07, 6.45) is 0. The van der Waals surface area contributed by atoms with Gasteiger partial charge in [-0.15, -0.1) is 0 Å². The van der Waals surface area contributed by atoms with Crippen LogP contribution in [0.3, 0.4) is 0 Å². The third kappa shape index (κ3) is 5.01. The van der Waals surface area contributed by atoms with Crippen molar-refractivity contribution in [2.45, 2.75) is 0 Å². The first kappa shape index (κ1) is 30.9. The van der Waals surface area contributed by atoms with Gasteiger partial charge in [-0.25, -0.2) is 0 Å². The first-order valence-electron chi connectivity index (χ1n) is 15.1. The van der Waals surface area contributed by atoms with E-state index in [2.05, 4.69) is 143 Å². The predicted octanol–water partition coefficient (Wildman–Crippen LogP) is 7.94. The minimum atomic E-state index is -0.913. The van der Waals surface area contributed by atoms with Gasteiger partial charge in [-0.1, -0.05) is 48.5 Å². The van der Waals surface area contributed by atoms with Gasteiger partial charge in [0.15, 0.2) is 0 Å². The molecule has 4 nitrogen and oxygen atoms in total. The van der Waals surface area contributed by atoms with E-state index in [1.165, 1.54) is 66.0 Å². The topological polar surface area (TPSA) is 24.9 Å². The molecule has 0 fully saturated rings. The second-order valence-corrected chi connectivity index (χ2v) is 19.3. The van der Waals surface area contributed by atoms with Crippen molar-refractivity contribution in [3.63, 3.8) is 0 Å². The second kappa shape index (κ2) is 12.9. The van der Waals surface area contributed by atoms with Crippen LogP contribution in [0.4, 0.5) is 34.1 Å². The molecule has 4 bridgehead atoms. The van der Waals surface area contributed by atoms with Gasteiger partial charge >= 0.3 is 35.3 Å². The number of anilines is 6. The molecule has 12 rings (SSSR count). The van der Waals surface area contributed by atoms with E-state index in [4.69, 9.17) is 28.3 Å². The van der Waals surface area contributed by atoms with E-state index in [1.807, 2.05) is 0 Å². The first-order valence-corrected chi connectivity index (χ1v) is 23.7. The standard InChI is InChI=1S/2C19H14NOP.2ClH.Pt/c2*1-21-13-10-11-19-16(12-13)20-14-6-2-4-8-17(14)22(19)18-9-5-3-7-15(18)20;;;/h2*2-12H,1H3;2*1H;/q;;;;+2. The van der Waals surface area contributed by atoms with E-state index in [-0.39, 0.29) is 0 Å². The fourth-order valence-electron chi connectivity index (χ4n) is 7.24. The molecule has 0 radical (unpaired) electrons. The number of nitrogens with zero attached hydrogens (tertiary/aromatic N) is 2. The fourth-order valence-corrected chi connectivity index (χ4v) is 13.2. The summed E-state index contributed by atoms with van der Waals surface area (Å²) < 4.78 is 10.9. The molecule has 47 heavy (non-hydrogen) atoms. The summed E-state index contributed by atoms with van der Waals surface area (Å²) in [6, 6.07) is 48.3. The molecule has 0 spiro atoms. The molecule has 6 aromatic carbocycles. The van der Waals surface area contributed by atoms with Crippen LogP contribution < -0.4 is 51.1 Å². The SMILES string of the molecule is COc1ccc2c(c1)N1c3ccccc3[PH+]2c2ccccc21.COc1ccc2c(c1)N1c3ccccc3[PH+]2c2ccccc21.[Cl][Pt][Cl]. The molecule has 0 saturated heterocycles. The molecule has 6 aromatic rings. The Morgan fingerprint density at radius 1 is 0.426 bits per heavy atom. The molecular weight excluding hydrogens is 844 g/mol. The van der Waals surface area contributed by atoms with Crippen molar-refractivity contribution in [3.8, 4) is 11.5 Å². The van der Waals surface area contributed by atoms with Gasteiger partial charge in [-0.05, 0) is 72.8 Å². The number of benzene rings is 6. The third-order valence-electron chi connectivity index (χ3n) is 9.09. The maximum atomic E-state index is 5.45. The van der Waals surface area contributed by atoms with E-state index in [0.29, 0.717) is 0 Å². The van der Waals surface area contributed by atoms with Crippen LogP contribution in [0.5, 0.6) is 11.5 Å². The Balaban J connectivity index is 0.000000128. The number of hydrogen-bond donors (Lipinski definition) is 0. The van der Waals surface area contributed by atoms with Crippen LogP contribution in [0.25, 0.3) is 0 Å². The van der Waals surface area contributed by atoms with Crippen LogP contribution >= 0.6 is 34.7 Å². The quantitative estimate of drug-likeness (QED) is 0.165. The summed E-state index contributed by atoms with van der Waals surface area (Å²) in [5.41, 5.74) is 7.88. The van der Waals surface area contributed by atoms with Crippen molar-refractivity contribution in [1.82, 2.24) is 0 Å². The molecule has 0 aromatic heterocycles. The van der Waals surface area contributed by atoms with Crippen LogP contribution in [0.1, 0.15) is 0 Å². The fraction of sp³-hybridized carbons (Fsp3) is 0.0526. The maximum absolute atomic E-state index is 5.45. The van der Waals surface area contributed by atoms with Crippen LogP contribution in [-0.4, -0.2) is 14.2 Å². The Kier molecular flexibility index (Phi) is 8.51. The van der Waals surface area contributed by atoms with Crippen molar-refractivity contribution < 1.29 is 26.0 Å². The van der Waals surface area contributed by atoms with Crippen LogP contribution in [-0.2, 0) is 16.5 Å². The van der Waals surface area contributed by atoms with Gasteiger partial charge in [-0.2, -0.15) is 0 Å². The third-order valence-corrected chi connectivity index (χ3v) is 14.9. The van der Waals surface area contributed by atoms with Crippen molar-refractivity contribution in [2.75, 3.05) is 24.0 Å². The number of para-hydroxylation sites is 4. The number of hydrogen-bond acceptors (Lipinski definition) is 4. The van der Waals surface area contributed by atoms with Crippen LogP contribution in [0.2, 0.25) is 0 Å². The number of methoxy groups -OCH3 is 2. The molecule has 0 saturated carbocycles. The average molecular weight is 875 g/mol. The molecule has 0 unspecified atom stereocenters. The van der Waals surface area contributed by atoms with E-state index < -0.39 is 32.3 Å². The van der Waals surface area contributed by atoms with Crippen LogP contribution in [0.15, 0.2) is 133 Å². The number of halogens is 2. The van der Waals surface area contributed by atoms with Crippen molar-refractivity contribution >= 4 is 101 Å². The Morgan fingerprint density at radius 3 is 1.00 bits per heavy atom. The number of rotatable bonds is 2. The molecule has 236 valence electrons. The van der Waals surface area contributed by atoms with Crippen LogP contribution in [0, 0.1) is 0 Å². The summed E-state index contributed by atoms with van der Waals surface area (Å²) in [5, 5.41) is 8.88. The average Bonchev–Trinajstić information content (AvgIpc) is 3.14. The summed E-state index contributed by atoms with van der Waals surface area (Å²) >= 11 is -0.472. The number of ether oxygens (including phenoxy) is 2. The Bertz CT molecular complexity index is 1900. The van der Waals surface area contributed by atoms with Gasteiger partial charge in [-0.3, -0.25) is 9.80 Å². The Labute approximate surface area is 293 Å². The molecular formula is C38H30Cl2N2O2P2Pt+2. The van der Waals surface area contributed by atoms with Gasteiger partial charge in [0.05, 0.1) is 48.3 Å². The Morgan fingerprint density at radius 2 is 0.702 bits per heavy atom.